The summed E-state index contributed by atoms with van der Waals surface area (Å²) in [5, 5.41) is 12.9. The number of carbonyl (C=O) groups is 1. The summed E-state index contributed by atoms with van der Waals surface area (Å²) < 4.78 is 18.1. The molecular formula is C29H26ClN5O4S. The number of para-hydroxylation sites is 1. The highest BCUT2D eigenvalue weighted by atomic mass is 35.5. The number of nitrogens with one attached hydrogen (secondary N) is 1. The second-order valence-corrected chi connectivity index (χ2v) is 9.92. The number of nitrogens with zero attached hydrogens (tertiary/aromatic N) is 4. The molecule has 204 valence electrons. The van der Waals surface area contributed by atoms with Crippen molar-refractivity contribution in [3.63, 3.8) is 0 Å². The zero-order valence-electron chi connectivity index (χ0n) is 21.8. The van der Waals surface area contributed by atoms with Gasteiger partial charge in [-0.25, -0.2) is 4.98 Å². The normalized spacial score (nSPS) is 10.9. The van der Waals surface area contributed by atoms with E-state index in [2.05, 4.69) is 20.5 Å². The molecule has 0 saturated heterocycles. The highest BCUT2D eigenvalue weighted by Gasteiger charge is 2.19. The van der Waals surface area contributed by atoms with Crippen molar-refractivity contribution in [3.8, 4) is 28.6 Å². The lowest BCUT2D eigenvalue weighted by Crippen LogP contribution is -2.26. The van der Waals surface area contributed by atoms with E-state index in [1.54, 1.807) is 14.2 Å². The molecule has 1 amide bonds. The molecule has 0 fully saturated rings. The van der Waals surface area contributed by atoms with Crippen LogP contribution in [0.15, 0.2) is 88.6 Å². The Balaban J connectivity index is 1.24. The predicted molar refractivity (Wildman–Crippen MR) is 153 cm³/mol. The fourth-order valence-corrected chi connectivity index (χ4v) is 5.07. The fraction of sp³-hybridized carbons (Fsp3) is 0.172. The van der Waals surface area contributed by atoms with Gasteiger partial charge in [0.1, 0.15) is 6.26 Å². The topological polar surface area (TPSA) is 104 Å². The van der Waals surface area contributed by atoms with E-state index in [0.29, 0.717) is 52.1 Å². The average molecular weight is 576 g/mol. The van der Waals surface area contributed by atoms with Crippen LogP contribution in [0.1, 0.15) is 21.9 Å². The summed E-state index contributed by atoms with van der Waals surface area (Å²) in [7, 11) is 3.18. The average Bonchev–Trinajstić information content (AvgIpc) is 3.64. The van der Waals surface area contributed by atoms with Crippen molar-refractivity contribution in [1.29, 1.82) is 0 Å². The summed E-state index contributed by atoms with van der Waals surface area (Å²) in [4.78, 5) is 17.0. The molecule has 0 aliphatic rings. The van der Waals surface area contributed by atoms with Gasteiger partial charge in [0.2, 0.25) is 5.89 Å². The molecule has 0 spiro atoms. The number of oxazole rings is 1. The molecule has 2 aromatic heterocycles. The van der Waals surface area contributed by atoms with Crippen molar-refractivity contribution in [2.75, 3.05) is 20.8 Å². The summed E-state index contributed by atoms with van der Waals surface area (Å²) in [6.45, 7) is 0.427. The Morgan fingerprint density at radius 1 is 1.00 bits per heavy atom. The van der Waals surface area contributed by atoms with Crippen LogP contribution in [0.25, 0.3) is 17.1 Å². The molecule has 0 atom stereocenters. The molecule has 0 radical (unpaired) electrons. The number of methoxy groups -OCH3 is 2. The van der Waals surface area contributed by atoms with Gasteiger partial charge in [-0.2, -0.15) is 0 Å². The Bertz CT molecular complexity index is 1610. The van der Waals surface area contributed by atoms with Crippen LogP contribution in [0.5, 0.6) is 11.5 Å². The number of benzene rings is 3. The minimum atomic E-state index is -0.311. The van der Waals surface area contributed by atoms with E-state index < -0.39 is 0 Å². The molecule has 0 saturated carbocycles. The van der Waals surface area contributed by atoms with Crippen molar-refractivity contribution < 1.29 is 18.7 Å². The maximum atomic E-state index is 12.7. The summed E-state index contributed by atoms with van der Waals surface area (Å²) >= 11 is 7.87. The first-order chi connectivity index (χ1) is 19.6. The van der Waals surface area contributed by atoms with Crippen LogP contribution >= 0.6 is 23.4 Å². The first-order valence-corrected chi connectivity index (χ1v) is 13.8. The third-order valence-electron chi connectivity index (χ3n) is 6.02. The number of hydrogen-bond donors (Lipinski definition) is 1. The van der Waals surface area contributed by atoms with Gasteiger partial charge in [0.05, 0.1) is 25.0 Å². The molecule has 0 aliphatic carbocycles. The number of carbonyl (C=O) groups excluding carboxylic acids is 1. The zero-order valence-corrected chi connectivity index (χ0v) is 23.4. The largest absolute Gasteiger partial charge is 0.493 e. The van der Waals surface area contributed by atoms with Gasteiger partial charge < -0.3 is 19.2 Å². The summed E-state index contributed by atoms with van der Waals surface area (Å²) in [5.41, 5.74) is 2.89. The minimum absolute atomic E-state index is 0.212. The van der Waals surface area contributed by atoms with Crippen molar-refractivity contribution in [3.05, 3.63) is 101 Å². The van der Waals surface area contributed by atoms with E-state index in [1.807, 2.05) is 77.4 Å². The quantitative estimate of drug-likeness (QED) is 0.195. The Morgan fingerprint density at radius 2 is 1.77 bits per heavy atom. The van der Waals surface area contributed by atoms with Crippen molar-refractivity contribution in [2.24, 2.45) is 0 Å². The number of ether oxygens (including phenoxy) is 2. The van der Waals surface area contributed by atoms with Gasteiger partial charge in [-0.3, -0.25) is 9.36 Å². The number of rotatable bonds is 11. The highest BCUT2D eigenvalue weighted by Crippen LogP contribution is 2.33. The van der Waals surface area contributed by atoms with Crippen LogP contribution in [-0.2, 0) is 12.2 Å². The molecule has 0 aliphatic heterocycles. The zero-order chi connectivity index (χ0) is 27.9. The van der Waals surface area contributed by atoms with Crippen molar-refractivity contribution in [2.45, 2.75) is 17.3 Å². The third kappa shape index (κ3) is 6.13. The van der Waals surface area contributed by atoms with Crippen molar-refractivity contribution >= 4 is 29.3 Å². The number of amides is 1. The van der Waals surface area contributed by atoms with E-state index in [0.717, 1.165) is 16.8 Å². The molecule has 3 aromatic carbocycles. The van der Waals surface area contributed by atoms with Gasteiger partial charge in [0.15, 0.2) is 28.2 Å². The lowest BCUT2D eigenvalue weighted by Gasteiger charge is -2.10. The summed E-state index contributed by atoms with van der Waals surface area (Å²) in [5.74, 6) is 2.37. The van der Waals surface area contributed by atoms with E-state index in [-0.39, 0.29) is 11.6 Å². The molecule has 0 unspecified atom stereocenters. The first-order valence-electron chi connectivity index (χ1n) is 12.4. The number of hydrogen-bond acceptors (Lipinski definition) is 8. The molecule has 40 heavy (non-hydrogen) atoms. The van der Waals surface area contributed by atoms with Crippen LogP contribution < -0.4 is 14.8 Å². The molecule has 11 heteroatoms. The van der Waals surface area contributed by atoms with Gasteiger partial charge >= 0.3 is 0 Å². The summed E-state index contributed by atoms with van der Waals surface area (Å²) in [6, 6.07) is 23.0. The van der Waals surface area contributed by atoms with Crippen molar-refractivity contribution in [1.82, 2.24) is 25.1 Å². The highest BCUT2D eigenvalue weighted by molar-refractivity contribution is 7.98. The minimum Gasteiger partial charge on any atom is -0.493 e. The number of aromatic nitrogens is 4. The van der Waals surface area contributed by atoms with Gasteiger partial charge in [0.25, 0.3) is 5.91 Å². The van der Waals surface area contributed by atoms with E-state index in [1.165, 1.54) is 18.0 Å². The third-order valence-corrected chi connectivity index (χ3v) is 7.26. The maximum absolute atomic E-state index is 12.7. The van der Waals surface area contributed by atoms with E-state index in [9.17, 15) is 4.79 Å². The second-order valence-electron chi connectivity index (χ2n) is 8.57. The van der Waals surface area contributed by atoms with Gasteiger partial charge in [-0.15, -0.1) is 10.2 Å². The smallest absolute Gasteiger partial charge is 0.273 e. The van der Waals surface area contributed by atoms with E-state index >= 15 is 0 Å². The monoisotopic (exact) mass is 575 g/mol. The standard InChI is InChI=1S/C29H26ClN5O4S/c1-37-24-13-12-19(16-25(24)38-2)14-15-31-28(36)23-17-39-26(32-23)18-40-29-34-33-27(21-10-6-7-11-22(21)30)35(29)20-8-4-3-5-9-20/h3-13,16-17H,14-15,18H2,1-2H3,(H,31,36). The van der Waals surface area contributed by atoms with Crippen LogP contribution in [0, 0.1) is 0 Å². The predicted octanol–water partition coefficient (Wildman–Crippen LogP) is 5.86. The van der Waals surface area contributed by atoms with Crippen LogP contribution in [0.2, 0.25) is 5.02 Å². The number of halogens is 1. The Morgan fingerprint density at radius 3 is 2.55 bits per heavy atom. The SMILES string of the molecule is COc1ccc(CCNC(=O)c2coc(CSc3nnc(-c4ccccc4Cl)n3-c3ccccc3)n2)cc1OC. The van der Waals surface area contributed by atoms with Gasteiger partial charge in [-0.05, 0) is 48.4 Å². The Hall–Kier alpha value is -4.28. The van der Waals surface area contributed by atoms with Crippen LogP contribution in [0.4, 0.5) is 0 Å². The Kier molecular flexibility index (Phi) is 8.68. The Labute approximate surface area is 240 Å². The lowest BCUT2D eigenvalue weighted by molar-refractivity contribution is 0.0949. The first kappa shape index (κ1) is 27.3. The molecule has 0 bridgehead atoms. The van der Waals surface area contributed by atoms with E-state index in [4.69, 9.17) is 25.5 Å². The lowest BCUT2D eigenvalue weighted by atomic mass is 10.1. The maximum Gasteiger partial charge on any atom is 0.273 e. The molecule has 2 heterocycles. The van der Waals surface area contributed by atoms with Gasteiger partial charge in [0, 0.05) is 17.8 Å². The molecule has 5 aromatic rings. The second kappa shape index (κ2) is 12.7. The van der Waals surface area contributed by atoms with Gasteiger partial charge in [-0.1, -0.05) is 59.8 Å². The summed E-state index contributed by atoms with van der Waals surface area (Å²) in [6.07, 6.45) is 1.98. The fourth-order valence-electron chi connectivity index (χ4n) is 4.05. The number of thioether (sulfide) groups is 1. The van der Waals surface area contributed by atoms with Crippen LogP contribution in [-0.4, -0.2) is 46.4 Å². The molecule has 5 rings (SSSR count). The molecule has 1 N–H and O–H groups in total. The molecule has 9 nitrogen and oxygen atoms in total. The molecular weight excluding hydrogens is 550 g/mol. The van der Waals surface area contributed by atoms with Crippen LogP contribution in [0.3, 0.4) is 0 Å².